The van der Waals surface area contributed by atoms with Crippen molar-refractivity contribution in [3.05, 3.63) is 23.8 Å². The van der Waals surface area contributed by atoms with Crippen LogP contribution in [0, 0.1) is 5.92 Å². The van der Waals surface area contributed by atoms with Gasteiger partial charge in [0.2, 0.25) is 0 Å². The van der Waals surface area contributed by atoms with Crippen LogP contribution >= 0.6 is 0 Å². The summed E-state index contributed by atoms with van der Waals surface area (Å²) in [6.07, 6.45) is 6.83. The Morgan fingerprint density at radius 1 is 1.12 bits per heavy atom. The van der Waals surface area contributed by atoms with Gasteiger partial charge in [-0.2, -0.15) is 0 Å². The molecule has 1 atom stereocenters. The Bertz CT molecular complexity index is 354. The van der Waals surface area contributed by atoms with Crippen LogP contribution in [0.15, 0.2) is 18.2 Å². The van der Waals surface area contributed by atoms with Crippen LogP contribution in [0.25, 0.3) is 0 Å². The van der Waals surface area contributed by atoms with Crippen molar-refractivity contribution in [2.75, 3.05) is 11.5 Å². The van der Waals surface area contributed by atoms with Gasteiger partial charge in [0.05, 0.1) is 0 Å². The van der Waals surface area contributed by atoms with Crippen molar-refractivity contribution in [2.24, 2.45) is 5.92 Å². The van der Waals surface area contributed by atoms with E-state index in [1.165, 1.54) is 37.7 Å². The number of rotatable bonds is 2. The molecule has 88 valence electrons. The van der Waals surface area contributed by atoms with E-state index in [2.05, 4.69) is 13.0 Å². The van der Waals surface area contributed by atoms with Crippen LogP contribution in [0.2, 0.25) is 0 Å². The van der Waals surface area contributed by atoms with Gasteiger partial charge in [-0.1, -0.05) is 26.2 Å². The molecule has 1 aliphatic carbocycles. The maximum absolute atomic E-state index is 6.04. The molecule has 1 fully saturated rings. The molecule has 0 aliphatic heterocycles. The summed E-state index contributed by atoms with van der Waals surface area (Å²) < 4.78 is 0. The van der Waals surface area contributed by atoms with Gasteiger partial charge in [-0.3, -0.25) is 0 Å². The van der Waals surface area contributed by atoms with Gasteiger partial charge in [-0.05, 0) is 48.4 Å². The first-order valence-corrected chi connectivity index (χ1v) is 6.33. The van der Waals surface area contributed by atoms with Gasteiger partial charge in [0.1, 0.15) is 0 Å². The third-order valence-electron chi connectivity index (χ3n) is 3.96. The minimum absolute atomic E-state index is 0.545. The topological polar surface area (TPSA) is 52.0 Å². The summed E-state index contributed by atoms with van der Waals surface area (Å²) in [7, 11) is 0. The highest BCUT2D eigenvalue weighted by molar-refractivity contribution is 5.56. The molecule has 0 aromatic heterocycles. The maximum atomic E-state index is 6.04. The summed E-state index contributed by atoms with van der Waals surface area (Å²) in [5, 5.41) is 0. The Morgan fingerprint density at radius 3 is 2.50 bits per heavy atom. The molecular weight excluding hydrogens is 196 g/mol. The summed E-state index contributed by atoms with van der Waals surface area (Å²) in [6, 6.07) is 5.87. The molecule has 1 unspecified atom stereocenters. The van der Waals surface area contributed by atoms with E-state index in [1.807, 2.05) is 12.1 Å². The third kappa shape index (κ3) is 2.31. The zero-order valence-corrected chi connectivity index (χ0v) is 10.1. The van der Waals surface area contributed by atoms with Crippen molar-refractivity contribution in [3.63, 3.8) is 0 Å². The highest BCUT2D eigenvalue weighted by atomic mass is 14.6. The standard InChI is InChI=1S/C14H22N2/c1-10(11-5-3-2-4-6-11)13-9-12(15)7-8-14(13)16/h7-11H,2-6,15-16H2,1H3. The van der Waals surface area contributed by atoms with Crippen LogP contribution < -0.4 is 11.5 Å². The van der Waals surface area contributed by atoms with Gasteiger partial charge in [0, 0.05) is 11.4 Å². The van der Waals surface area contributed by atoms with E-state index in [9.17, 15) is 0 Å². The molecule has 1 aliphatic rings. The molecular formula is C14H22N2. The second kappa shape index (κ2) is 4.77. The smallest absolute Gasteiger partial charge is 0.0350 e. The predicted octanol–water partition coefficient (Wildman–Crippen LogP) is 3.53. The van der Waals surface area contributed by atoms with Crippen LogP contribution in [0.4, 0.5) is 11.4 Å². The molecule has 0 radical (unpaired) electrons. The number of hydrogen-bond acceptors (Lipinski definition) is 2. The fourth-order valence-corrected chi connectivity index (χ4v) is 2.88. The van der Waals surface area contributed by atoms with Crippen LogP contribution in [0.1, 0.15) is 50.5 Å². The SMILES string of the molecule is CC(c1cc(N)ccc1N)C1CCCCC1. The summed E-state index contributed by atoms with van der Waals surface area (Å²) in [6.45, 7) is 2.29. The first-order valence-electron chi connectivity index (χ1n) is 6.33. The monoisotopic (exact) mass is 218 g/mol. The maximum Gasteiger partial charge on any atom is 0.0350 e. The highest BCUT2D eigenvalue weighted by Crippen LogP contribution is 2.38. The fraction of sp³-hybridized carbons (Fsp3) is 0.571. The van der Waals surface area contributed by atoms with Gasteiger partial charge in [0.15, 0.2) is 0 Å². The zero-order valence-electron chi connectivity index (χ0n) is 10.1. The van der Waals surface area contributed by atoms with E-state index in [1.54, 1.807) is 0 Å². The minimum Gasteiger partial charge on any atom is -0.399 e. The normalized spacial score (nSPS) is 19.6. The Morgan fingerprint density at radius 2 is 1.81 bits per heavy atom. The molecule has 16 heavy (non-hydrogen) atoms. The summed E-state index contributed by atoms with van der Waals surface area (Å²) >= 11 is 0. The molecule has 2 heteroatoms. The molecule has 1 aromatic rings. The molecule has 0 heterocycles. The number of benzene rings is 1. The van der Waals surface area contributed by atoms with E-state index >= 15 is 0 Å². The van der Waals surface area contributed by atoms with Gasteiger partial charge in [0.25, 0.3) is 0 Å². The fourth-order valence-electron chi connectivity index (χ4n) is 2.88. The third-order valence-corrected chi connectivity index (χ3v) is 3.96. The van der Waals surface area contributed by atoms with E-state index in [0.717, 1.165) is 17.3 Å². The molecule has 0 amide bonds. The number of nitrogens with two attached hydrogens (primary N) is 2. The molecule has 0 saturated heterocycles. The average molecular weight is 218 g/mol. The van der Waals surface area contributed by atoms with Crippen molar-refractivity contribution in [1.82, 2.24) is 0 Å². The molecule has 1 saturated carbocycles. The van der Waals surface area contributed by atoms with Gasteiger partial charge >= 0.3 is 0 Å². The first kappa shape index (κ1) is 11.3. The molecule has 2 rings (SSSR count). The number of nitrogen functional groups attached to an aromatic ring is 2. The van der Waals surface area contributed by atoms with E-state index < -0.39 is 0 Å². The first-order chi connectivity index (χ1) is 7.68. The lowest BCUT2D eigenvalue weighted by Gasteiger charge is -2.28. The van der Waals surface area contributed by atoms with Gasteiger partial charge in [-0.25, -0.2) is 0 Å². The van der Waals surface area contributed by atoms with E-state index in [-0.39, 0.29) is 0 Å². The second-order valence-electron chi connectivity index (χ2n) is 5.08. The Hall–Kier alpha value is -1.18. The second-order valence-corrected chi connectivity index (χ2v) is 5.08. The Kier molecular flexibility index (Phi) is 3.37. The Balaban J connectivity index is 2.18. The van der Waals surface area contributed by atoms with Crippen LogP contribution in [-0.4, -0.2) is 0 Å². The van der Waals surface area contributed by atoms with Crippen molar-refractivity contribution < 1.29 is 0 Å². The van der Waals surface area contributed by atoms with Crippen molar-refractivity contribution >= 4 is 11.4 Å². The molecule has 0 bridgehead atoms. The molecule has 0 spiro atoms. The van der Waals surface area contributed by atoms with Gasteiger partial charge < -0.3 is 11.5 Å². The summed E-state index contributed by atoms with van der Waals surface area (Å²) in [4.78, 5) is 0. The van der Waals surface area contributed by atoms with Crippen LogP contribution in [-0.2, 0) is 0 Å². The van der Waals surface area contributed by atoms with Gasteiger partial charge in [-0.15, -0.1) is 0 Å². The van der Waals surface area contributed by atoms with E-state index in [0.29, 0.717) is 5.92 Å². The molecule has 2 nitrogen and oxygen atoms in total. The number of anilines is 2. The molecule has 1 aromatic carbocycles. The lowest BCUT2D eigenvalue weighted by atomic mass is 9.77. The van der Waals surface area contributed by atoms with Crippen molar-refractivity contribution in [2.45, 2.75) is 44.9 Å². The van der Waals surface area contributed by atoms with Crippen LogP contribution in [0.5, 0.6) is 0 Å². The van der Waals surface area contributed by atoms with Crippen molar-refractivity contribution in [1.29, 1.82) is 0 Å². The zero-order chi connectivity index (χ0) is 11.5. The quantitative estimate of drug-likeness (QED) is 0.746. The summed E-state index contributed by atoms with van der Waals surface area (Å²) in [5.74, 6) is 1.33. The van der Waals surface area contributed by atoms with Crippen LogP contribution in [0.3, 0.4) is 0 Å². The van der Waals surface area contributed by atoms with Crippen molar-refractivity contribution in [3.8, 4) is 0 Å². The lowest BCUT2D eigenvalue weighted by molar-refractivity contribution is 0.316. The average Bonchev–Trinajstić information content (AvgIpc) is 2.32. The minimum atomic E-state index is 0.545. The largest absolute Gasteiger partial charge is 0.399 e. The summed E-state index contributed by atoms with van der Waals surface area (Å²) in [5.41, 5.74) is 14.8. The highest BCUT2D eigenvalue weighted by Gasteiger charge is 2.22. The Labute approximate surface area is 98.0 Å². The predicted molar refractivity (Wildman–Crippen MR) is 70.3 cm³/mol. The number of hydrogen-bond donors (Lipinski definition) is 2. The molecule has 4 N–H and O–H groups in total. The lowest BCUT2D eigenvalue weighted by Crippen LogP contribution is -2.15. The van der Waals surface area contributed by atoms with E-state index in [4.69, 9.17) is 11.5 Å².